The van der Waals surface area contributed by atoms with Crippen molar-refractivity contribution >= 4 is 21.8 Å². The van der Waals surface area contributed by atoms with Crippen LogP contribution in [0.2, 0.25) is 0 Å². The van der Waals surface area contributed by atoms with Gasteiger partial charge in [0, 0.05) is 4.47 Å². The monoisotopic (exact) mass is 283 g/mol. The first-order valence-electron chi connectivity index (χ1n) is 5.10. The van der Waals surface area contributed by atoms with Crippen molar-refractivity contribution < 1.29 is 9.47 Å². The fraction of sp³-hybridized carbons (Fsp3) is 0.417. The Morgan fingerprint density at radius 1 is 1.50 bits per heavy atom. The molecule has 2 rings (SSSR count). The minimum Gasteiger partial charge on any atom is -0.483 e. The van der Waals surface area contributed by atoms with Crippen LogP contribution in [0.4, 0.5) is 0 Å². The molecular weight excluding hydrogens is 270 g/mol. The molecule has 0 N–H and O–H groups in total. The Balaban J connectivity index is 2.38. The summed E-state index contributed by atoms with van der Waals surface area (Å²) in [4.78, 5) is 4.59. The average molecular weight is 284 g/mol. The lowest BCUT2D eigenvalue weighted by molar-refractivity contribution is 0.0899. The smallest absolute Gasteiger partial charge is 0.210 e. The first kappa shape index (κ1) is 11.6. The van der Waals surface area contributed by atoms with Crippen LogP contribution in [-0.2, 0) is 15.0 Å². The Bertz CT molecular complexity index is 419. The summed E-state index contributed by atoms with van der Waals surface area (Å²) >= 11 is 3.46. The molecule has 0 aliphatic carbocycles. The number of hydrogen-bond acceptors (Lipinski definition) is 3. The summed E-state index contributed by atoms with van der Waals surface area (Å²) in [6, 6.07) is 8.11. The SMILES string of the molecule is COC1=N[C@@](C)(c2cccc(Br)c2)COC1. The molecule has 86 valence electrons. The third-order valence-electron chi connectivity index (χ3n) is 2.66. The average Bonchev–Trinajstić information content (AvgIpc) is 2.29. The van der Waals surface area contributed by atoms with E-state index in [0.717, 1.165) is 10.0 Å². The van der Waals surface area contributed by atoms with Gasteiger partial charge in [-0.05, 0) is 24.6 Å². The number of rotatable bonds is 1. The molecule has 1 aliphatic rings. The highest BCUT2D eigenvalue weighted by Crippen LogP contribution is 2.30. The van der Waals surface area contributed by atoms with Crippen molar-refractivity contribution in [3.8, 4) is 0 Å². The number of benzene rings is 1. The zero-order valence-corrected chi connectivity index (χ0v) is 11.0. The van der Waals surface area contributed by atoms with Crippen LogP contribution in [0.3, 0.4) is 0 Å². The summed E-state index contributed by atoms with van der Waals surface area (Å²) in [5.74, 6) is 0.647. The van der Waals surface area contributed by atoms with Gasteiger partial charge in [-0.2, -0.15) is 0 Å². The maximum atomic E-state index is 5.51. The Labute approximate surface area is 104 Å². The number of nitrogens with zero attached hydrogens (tertiary/aromatic N) is 1. The number of ether oxygens (including phenoxy) is 2. The number of methoxy groups -OCH3 is 1. The van der Waals surface area contributed by atoms with Gasteiger partial charge in [-0.1, -0.05) is 28.1 Å². The second-order valence-electron chi connectivity index (χ2n) is 3.99. The lowest BCUT2D eigenvalue weighted by Gasteiger charge is -2.30. The number of halogens is 1. The van der Waals surface area contributed by atoms with E-state index in [1.54, 1.807) is 7.11 Å². The number of hydrogen-bond donors (Lipinski definition) is 0. The molecule has 1 atom stereocenters. The van der Waals surface area contributed by atoms with Crippen molar-refractivity contribution in [3.63, 3.8) is 0 Å². The van der Waals surface area contributed by atoms with Crippen LogP contribution in [0.1, 0.15) is 12.5 Å². The molecule has 0 spiro atoms. The molecule has 1 aliphatic heterocycles. The lowest BCUT2D eigenvalue weighted by Crippen LogP contribution is -2.34. The summed E-state index contributed by atoms with van der Waals surface area (Å²) in [6.07, 6.45) is 0. The summed E-state index contributed by atoms with van der Waals surface area (Å²) in [5.41, 5.74) is 0.768. The molecule has 1 aromatic carbocycles. The fourth-order valence-electron chi connectivity index (χ4n) is 1.75. The maximum absolute atomic E-state index is 5.51. The summed E-state index contributed by atoms with van der Waals surface area (Å²) in [6.45, 7) is 3.09. The Morgan fingerprint density at radius 2 is 2.31 bits per heavy atom. The Kier molecular flexibility index (Phi) is 3.30. The standard InChI is InChI=1S/C12H14BrNO2/c1-12(8-16-7-11(14-12)15-2)9-4-3-5-10(13)6-9/h3-6H,7-8H2,1-2H3/t12-/m1/s1. The van der Waals surface area contributed by atoms with Crippen LogP contribution < -0.4 is 0 Å². The molecule has 0 saturated heterocycles. The van der Waals surface area contributed by atoms with Gasteiger partial charge in [-0.3, -0.25) is 0 Å². The summed E-state index contributed by atoms with van der Waals surface area (Å²) in [5, 5.41) is 0. The van der Waals surface area contributed by atoms with Gasteiger partial charge in [0.05, 0.1) is 13.7 Å². The molecule has 0 fully saturated rings. The molecule has 0 unspecified atom stereocenters. The minimum atomic E-state index is -0.354. The molecule has 0 radical (unpaired) electrons. The quantitative estimate of drug-likeness (QED) is 0.794. The molecule has 3 nitrogen and oxygen atoms in total. The summed E-state index contributed by atoms with van der Waals surface area (Å²) in [7, 11) is 1.62. The normalized spacial score (nSPS) is 25.1. The molecule has 0 amide bonds. The van der Waals surface area contributed by atoms with E-state index >= 15 is 0 Å². The van der Waals surface area contributed by atoms with Gasteiger partial charge >= 0.3 is 0 Å². The molecule has 16 heavy (non-hydrogen) atoms. The first-order chi connectivity index (χ1) is 7.64. The first-order valence-corrected chi connectivity index (χ1v) is 5.90. The predicted molar refractivity (Wildman–Crippen MR) is 66.8 cm³/mol. The van der Waals surface area contributed by atoms with Gasteiger partial charge < -0.3 is 9.47 Å². The van der Waals surface area contributed by atoms with E-state index in [-0.39, 0.29) is 5.54 Å². The van der Waals surface area contributed by atoms with Crippen LogP contribution in [-0.4, -0.2) is 26.2 Å². The van der Waals surface area contributed by atoms with E-state index < -0.39 is 0 Å². The van der Waals surface area contributed by atoms with Crippen LogP contribution in [0.25, 0.3) is 0 Å². The van der Waals surface area contributed by atoms with Crippen molar-refractivity contribution in [1.82, 2.24) is 0 Å². The molecular formula is C12H14BrNO2. The lowest BCUT2D eigenvalue weighted by atomic mass is 9.93. The van der Waals surface area contributed by atoms with Crippen molar-refractivity contribution in [1.29, 1.82) is 0 Å². The van der Waals surface area contributed by atoms with Gasteiger partial charge in [-0.15, -0.1) is 0 Å². The van der Waals surface area contributed by atoms with E-state index in [9.17, 15) is 0 Å². The second-order valence-corrected chi connectivity index (χ2v) is 4.90. The topological polar surface area (TPSA) is 30.8 Å². The van der Waals surface area contributed by atoms with Crippen molar-refractivity contribution in [2.45, 2.75) is 12.5 Å². The van der Waals surface area contributed by atoms with E-state index in [2.05, 4.69) is 33.1 Å². The van der Waals surface area contributed by atoms with Crippen molar-refractivity contribution in [3.05, 3.63) is 34.3 Å². The van der Waals surface area contributed by atoms with Gasteiger partial charge in [0.2, 0.25) is 5.90 Å². The third kappa shape index (κ3) is 2.28. The van der Waals surface area contributed by atoms with Gasteiger partial charge in [0.15, 0.2) is 0 Å². The third-order valence-corrected chi connectivity index (χ3v) is 3.16. The van der Waals surface area contributed by atoms with E-state index in [0.29, 0.717) is 19.1 Å². The highest BCUT2D eigenvalue weighted by atomic mass is 79.9. The maximum Gasteiger partial charge on any atom is 0.210 e. The minimum absolute atomic E-state index is 0.354. The van der Waals surface area contributed by atoms with Gasteiger partial charge in [0.25, 0.3) is 0 Å². The van der Waals surface area contributed by atoms with Crippen LogP contribution in [0, 0.1) is 0 Å². The molecule has 4 heteroatoms. The van der Waals surface area contributed by atoms with Crippen LogP contribution in [0.15, 0.2) is 33.7 Å². The fourth-order valence-corrected chi connectivity index (χ4v) is 2.15. The number of aliphatic imine (C=N–C) groups is 1. The molecule has 0 saturated carbocycles. The van der Waals surface area contributed by atoms with Crippen molar-refractivity contribution in [2.24, 2.45) is 4.99 Å². The van der Waals surface area contributed by atoms with Gasteiger partial charge in [-0.25, -0.2) is 4.99 Å². The van der Waals surface area contributed by atoms with E-state index in [1.165, 1.54) is 0 Å². The molecule has 0 bridgehead atoms. The van der Waals surface area contributed by atoms with Crippen molar-refractivity contribution in [2.75, 3.05) is 20.3 Å². The Hall–Kier alpha value is -0.870. The zero-order valence-electron chi connectivity index (χ0n) is 9.37. The molecule has 0 aromatic heterocycles. The predicted octanol–water partition coefficient (Wildman–Crippen LogP) is 2.74. The van der Waals surface area contributed by atoms with Gasteiger partial charge in [0.1, 0.15) is 12.1 Å². The van der Waals surface area contributed by atoms with E-state index in [4.69, 9.17) is 9.47 Å². The summed E-state index contributed by atoms with van der Waals surface area (Å²) < 4.78 is 11.7. The van der Waals surface area contributed by atoms with Crippen LogP contribution >= 0.6 is 15.9 Å². The molecule has 1 aromatic rings. The highest BCUT2D eigenvalue weighted by Gasteiger charge is 2.30. The Morgan fingerprint density at radius 3 is 3.00 bits per heavy atom. The van der Waals surface area contributed by atoms with Crippen LogP contribution in [0.5, 0.6) is 0 Å². The second kappa shape index (κ2) is 4.55. The molecule has 1 heterocycles. The largest absolute Gasteiger partial charge is 0.483 e. The van der Waals surface area contributed by atoms with E-state index in [1.807, 2.05) is 19.1 Å². The zero-order chi connectivity index (χ0) is 11.6. The highest BCUT2D eigenvalue weighted by molar-refractivity contribution is 9.10.